The molecule has 19 heavy (non-hydrogen) atoms. The van der Waals surface area contributed by atoms with E-state index >= 15 is 0 Å². The van der Waals surface area contributed by atoms with Crippen LogP contribution >= 0.6 is 0 Å². The molecule has 100 valence electrons. The normalized spacial score (nSPS) is 17.7. The summed E-state index contributed by atoms with van der Waals surface area (Å²) in [6.07, 6.45) is 4.15. The van der Waals surface area contributed by atoms with Gasteiger partial charge in [0.15, 0.2) is 0 Å². The lowest BCUT2D eigenvalue weighted by Crippen LogP contribution is -2.08. The van der Waals surface area contributed by atoms with Gasteiger partial charge in [0.1, 0.15) is 5.76 Å². The van der Waals surface area contributed by atoms with Gasteiger partial charge in [0.05, 0.1) is 12.7 Å². The van der Waals surface area contributed by atoms with Gasteiger partial charge in [-0.25, -0.2) is 4.79 Å². The maximum atomic E-state index is 10.8. The molecule has 4 nitrogen and oxygen atoms in total. The summed E-state index contributed by atoms with van der Waals surface area (Å²) in [5, 5.41) is 9.71. The highest BCUT2D eigenvalue weighted by Crippen LogP contribution is 2.11. The quantitative estimate of drug-likeness (QED) is 0.627. The van der Waals surface area contributed by atoms with Gasteiger partial charge in [0.2, 0.25) is 0 Å². The fourth-order valence-electron chi connectivity index (χ4n) is 1.67. The molecule has 0 saturated heterocycles. The highest BCUT2D eigenvalue weighted by atomic mass is 16.5. The van der Waals surface area contributed by atoms with E-state index in [4.69, 9.17) is 9.47 Å². The second kappa shape index (κ2) is 6.87. The lowest BCUT2D eigenvalue weighted by Gasteiger charge is -2.07. The molecule has 1 unspecified atom stereocenters. The van der Waals surface area contributed by atoms with E-state index in [-0.39, 0.29) is 0 Å². The van der Waals surface area contributed by atoms with Gasteiger partial charge in [0, 0.05) is 19.1 Å². The molecule has 2 rings (SSSR count). The van der Waals surface area contributed by atoms with Gasteiger partial charge in [-0.05, 0) is 17.7 Å². The number of rotatable bonds is 6. The molecule has 1 atom stereocenters. The number of cyclic esters (lactones) is 1. The highest BCUT2D eigenvalue weighted by molar-refractivity contribution is 5.86. The van der Waals surface area contributed by atoms with Crippen molar-refractivity contribution in [1.29, 1.82) is 0 Å². The predicted molar refractivity (Wildman–Crippen MR) is 70.0 cm³/mol. The van der Waals surface area contributed by atoms with Crippen LogP contribution in [-0.2, 0) is 20.9 Å². The fourth-order valence-corrected chi connectivity index (χ4v) is 1.67. The van der Waals surface area contributed by atoms with Crippen LogP contribution in [0.4, 0.5) is 0 Å². The number of aliphatic hydroxyl groups is 1. The zero-order chi connectivity index (χ0) is 13.5. The van der Waals surface area contributed by atoms with Gasteiger partial charge in [-0.3, -0.25) is 0 Å². The first-order chi connectivity index (χ1) is 9.24. The predicted octanol–water partition coefficient (Wildman–Crippen LogP) is 1.95. The van der Waals surface area contributed by atoms with Crippen molar-refractivity contribution in [3.8, 4) is 0 Å². The molecule has 0 fully saturated rings. The number of aliphatic hydroxyl groups excluding tert-OH is 1. The molecule has 1 aliphatic rings. The topological polar surface area (TPSA) is 55.8 Å². The van der Waals surface area contributed by atoms with Crippen LogP contribution in [0.1, 0.15) is 12.0 Å². The molecule has 4 heteroatoms. The van der Waals surface area contributed by atoms with E-state index in [1.165, 1.54) is 18.2 Å². The maximum Gasteiger partial charge on any atom is 0.336 e. The minimum Gasteiger partial charge on any atom is -0.424 e. The summed E-state index contributed by atoms with van der Waals surface area (Å²) in [4.78, 5) is 10.8. The summed E-state index contributed by atoms with van der Waals surface area (Å²) < 4.78 is 10.3. The minimum absolute atomic E-state index is 0.389. The molecule has 0 spiro atoms. The van der Waals surface area contributed by atoms with Crippen molar-refractivity contribution in [1.82, 2.24) is 0 Å². The number of carbonyl (C=O) groups is 1. The molecule has 0 radical (unpaired) electrons. The molecular weight excluding hydrogens is 244 g/mol. The fraction of sp³-hybridized carbons (Fsp3) is 0.267. The lowest BCUT2D eigenvalue weighted by atomic mass is 10.2. The number of carbonyl (C=O) groups excluding carboxylic acids is 1. The average molecular weight is 260 g/mol. The second-order valence-electron chi connectivity index (χ2n) is 4.22. The first-order valence-corrected chi connectivity index (χ1v) is 6.15. The Morgan fingerprint density at radius 1 is 1.26 bits per heavy atom. The third kappa shape index (κ3) is 4.69. The molecule has 0 bridgehead atoms. The van der Waals surface area contributed by atoms with Crippen molar-refractivity contribution in [2.45, 2.75) is 19.1 Å². The molecule has 0 aliphatic carbocycles. The van der Waals surface area contributed by atoms with Crippen molar-refractivity contribution in [3.63, 3.8) is 0 Å². The number of hydrogen-bond donors (Lipinski definition) is 1. The summed E-state index contributed by atoms with van der Waals surface area (Å²) in [7, 11) is 0. The molecule has 0 aromatic heterocycles. The Morgan fingerprint density at radius 2 is 2.05 bits per heavy atom. The summed E-state index contributed by atoms with van der Waals surface area (Å²) in [5.74, 6) is -0.0145. The van der Waals surface area contributed by atoms with E-state index < -0.39 is 12.1 Å². The zero-order valence-corrected chi connectivity index (χ0v) is 10.5. The monoisotopic (exact) mass is 260 g/mol. The van der Waals surface area contributed by atoms with Gasteiger partial charge in [-0.2, -0.15) is 0 Å². The zero-order valence-electron chi connectivity index (χ0n) is 10.5. The number of hydrogen-bond acceptors (Lipinski definition) is 4. The number of esters is 1. The molecule has 1 heterocycles. The Morgan fingerprint density at radius 3 is 2.74 bits per heavy atom. The van der Waals surface area contributed by atoms with Crippen LogP contribution in [0.2, 0.25) is 0 Å². The Bertz CT molecular complexity index is 476. The van der Waals surface area contributed by atoms with E-state index in [0.29, 0.717) is 25.4 Å². The average Bonchev–Trinajstić information content (AvgIpc) is 2.81. The van der Waals surface area contributed by atoms with Gasteiger partial charge < -0.3 is 14.6 Å². The number of benzene rings is 1. The van der Waals surface area contributed by atoms with Crippen LogP contribution < -0.4 is 0 Å². The number of ether oxygens (including phenoxy) is 2. The van der Waals surface area contributed by atoms with Crippen LogP contribution in [0.3, 0.4) is 0 Å². The third-order valence-electron chi connectivity index (χ3n) is 2.63. The highest BCUT2D eigenvalue weighted by Gasteiger charge is 2.11. The Kier molecular flexibility index (Phi) is 4.89. The first-order valence-electron chi connectivity index (χ1n) is 6.15. The second-order valence-corrected chi connectivity index (χ2v) is 4.22. The molecule has 1 aliphatic heterocycles. The van der Waals surface area contributed by atoms with Crippen LogP contribution in [0.25, 0.3) is 0 Å². The van der Waals surface area contributed by atoms with Crippen molar-refractivity contribution < 1.29 is 19.4 Å². The van der Waals surface area contributed by atoms with Crippen molar-refractivity contribution in [3.05, 3.63) is 59.9 Å². The van der Waals surface area contributed by atoms with Crippen molar-refractivity contribution >= 4 is 5.97 Å². The Balaban J connectivity index is 1.66. The molecule has 1 N–H and O–H groups in total. The number of allylic oxidation sites excluding steroid dienone is 1. The summed E-state index contributed by atoms with van der Waals surface area (Å²) in [5.41, 5.74) is 1.10. The molecule has 0 saturated carbocycles. The van der Waals surface area contributed by atoms with Gasteiger partial charge in [-0.1, -0.05) is 30.3 Å². The van der Waals surface area contributed by atoms with E-state index in [1.807, 2.05) is 30.3 Å². The molecule has 0 amide bonds. The van der Waals surface area contributed by atoms with Gasteiger partial charge in [-0.15, -0.1) is 0 Å². The lowest BCUT2D eigenvalue weighted by molar-refractivity contribution is -0.132. The summed E-state index contributed by atoms with van der Waals surface area (Å²) in [6.45, 7) is 0.969. The smallest absolute Gasteiger partial charge is 0.336 e. The third-order valence-corrected chi connectivity index (χ3v) is 2.63. The van der Waals surface area contributed by atoms with E-state index in [0.717, 1.165) is 5.56 Å². The summed E-state index contributed by atoms with van der Waals surface area (Å²) in [6, 6.07) is 9.84. The largest absolute Gasteiger partial charge is 0.424 e. The van der Waals surface area contributed by atoms with E-state index in [9.17, 15) is 9.90 Å². The van der Waals surface area contributed by atoms with Gasteiger partial charge in [0.25, 0.3) is 0 Å². The van der Waals surface area contributed by atoms with Crippen LogP contribution in [0.15, 0.2) is 54.3 Å². The first kappa shape index (κ1) is 13.5. The van der Waals surface area contributed by atoms with Crippen LogP contribution in [0.5, 0.6) is 0 Å². The van der Waals surface area contributed by atoms with E-state index in [1.54, 1.807) is 0 Å². The summed E-state index contributed by atoms with van der Waals surface area (Å²) >= 11 is 0. The van der Waals surface area contributed by atoms with Crippen molar-refractivity contribution in [2.75, 3.05) is 6.61 Å². The molecular formula is C15H16O4. The van der Waals surface area contributed by atoms with Crippen LogP contribution in [0, 0.1) is 0 Å². The minimum atomic E-state index is -0.679. The molecule has 1 aromatic carbocycles. The van der Waals surface area contributed by atoms with E-state index in [2.05, 4.69) is 0 Å². The SMILES string of the molecule is O=C1C=C/C(=C\C(O)CCOCc2ccccc2)O1. The molecule has 1 aromatic rings. The Labute approximate surface area is 112 Å². The standard InChI is InChI=1S/C15H16O4/c16-13(10-14-6-7-15(17)19-14)8-9-18-11-12-4-2-1-3-5-12/h1-7,10,13,16H,8-9,11H2/b14-10+. The Hall–Kier alpha value is -1.91. The maximum absolute atomic E-state index is 10.8. The van der Waals surface area contributed by atoms with Gasteiger partial charge >= 0.3 is 5.97 Å². The van der Waals surface area contributed by atoms with Crippen molar-refractivity contribution in [2.24, 2.45) is 0 Å². The van der Waals surface area contributed by atoms with Crippen LogP contribution in [-0.4, -0.2) is 23.8 Å².